The summed E-state index contributed by atoms with van der Waals surface area (Å²) in [5, 5.41) is 0. The van der Waals surface area contributed by atoms with Crippen molar-refractivity contribution >= 4 is 0 Å². The minimum Gasteiger partial charge on any atom is -0.489 e. The van der Waals surface area contributed by atoms with Gasteiger partial charge < -0.3 is 4.74 Å². The van der Waals surface area contributed by atoms with Gasteiger partial charge >= 0.3 is 0 Å². The Morgan fingerprint density at radius 2 is 1.19 bits per heavy atom. The van der Waals surface area contributed by atoms with E-state index in [4.69, 9.17) is 4.74 Å². The summed E-state index contributed by atoms with van der Waals surface area (Å²) in [5.41, 5.74) is 4.23. The van der Waals surface area contributed by atoms with Crippen LogP contribution < -0.4 is 4.74 Å². The SMILES string of the molecule is CCCCc1ccc(COc2ccc(-c3ccc(-c4ccc(CCC)cc4)c(F)c3F)cc2)c(F)c1. The first-order valence-electron chi connectivity index (χ1n) is 12.6. The summed E-state index contributed by atoms with van der Waals surface area (Å²) in [4.78, 5) is 0. The standard InChI is InChI=1S/C32H31F3O/c1-3-5-7-23-10-13-26(30(33)20-23)21-36-27-16-14-25(15-17-27)29-19-18-28(31(34)32(29)35)24-11-8-22(6-4-2)9-12-24/h8-20H,3-7,21H2,1-2H3. The highest BCUT2D eigenvalue weighted by molar-refractivity contribution is 5.72. The van der Waals surface area contributed by atoms with Gasteiger partial charge in [-0.2, -0.15) is 0 Å². The van der Waals surface area contributed by atoms with Gasteiger partial charge in [-0.05, 0) is 59.7 Å². The van der Waals surface area contributed by atoms with E-state index in [0.29, 0.717) is 22.4 Å². The van der Waals surface area contributed by atoms with Crippen LogP contribution in [0.1, 0.15) is 49.8 Å². The highest BCUT2D eigenvalue weighted by Crippen LogP contribution is 2.32. The molecule has 0 unspecified atom stereocenters. The van der Waals surface area contributed by atoms with Gasteiger partial charge in [0.25, 0.3) is 0 Å². The van der Waals surface area contributed by atoms with Gasteiger partial charge in [0.05, 0.1) is 0 Å². The molecule has 0 atom stereocenters. The van der Waals surface area contributed by atoms with Crippen molar-refractivity contribution in [3.05, 3.63) is 113 Å². The Morgan fingerprint density at radius 3 is 1.75 bits per heavy atom. The van der Waals surface area contributed by atoms with Crippen LogP contribution in [0.2, 0.25) is 0 Å². The molecule has 4 heteroatoms. The summed E-state index contributed by atoms with van der Waals surface area (Å²) in [6.07, 6.45) is 4.94. The molecule has 4 rings (SSSR count). The highest BCUT2D eigenvalue weighted by Gasteiger charge is 2.16. The zero-order chi connectivity index (χ0) is 25.5. The monoisotopic (exact) mass is 488 g/mol. The van der Waals surface area contributed by atoms with Crippen molar-refractivity contribution in [1.82, 2.24) is 0 Å². The zero-order valence-corrected chi connectivity index (χ0v) is 20.8. The van der Waals surface area contributed by atoms with E-state index in [2.05, 4.69) is 13.8 Å². The summed E-state index contributed by atoms with van der Waals surface area (Å²) in [6.45, 7) is 4.30. The molecule has 0 amide bonds. The Balaban J connectivity index is 1.45. The largest absolute Gasteiger partial charge is 0.489 e. The zero-order valence-electron chi connectivity index (χ0n) is 20.8. The van der Waals surface area contributed by atoms with E-state index in [9.17, 15) is 8.78 Å². The maximum atomic E-state index is 15.0. The van der Waals surface area contributed by atoms with Crippen molar-refractivity contribution in [2.24, 2.45) is 0 Å². The molecule has 186 valence electrons. The minimum atomic E-state index is -0.885. The van der Waals surface area contributed by atoms with E-state index < -0.39 is 11.6 Å². The maximum absolute atomic E-state index is 15.0. The summed E-state index contributed by atoms with van der Waals surface area (Å²) in [5.74, 6) is -1.51. The van der Waals surface area contributed by atoms with E-state index in [1.807, 2.05) is 30.3 Å². The molecule has 0 fully saturated rings. The molecular weight excluding hydrogens is 457 g/mol. The van der Waals surface area contributed by atoms with E-state index in [1.54, 1.807) is 48.5 Å². The number of halogens is 3. The molecule has 0 aliphatic carbocycles. The van der Waals surface area contributed by atoms with Crippen LogP contribution in [-0.4, -0.2) is 0 Å². The second-order valence-corrected chi connectivity index (χ2v) is 9.08. The van der Waals surface area contributed by atoms with Crippen molar-refractivity contribution < 1.29 is 17.9 Å². The quantitative estimate of drug-likeness (QED) is 0.216. The molecule has 4 aromatic rings. The Kier molecular flexibility index (Phi) is 8.48. The lowest BCUT2D eigenvalue weighted by Crippen LogP contribution is -2.00. The van der Waals surface area contributed by atoms with Gasteiger partial charge in [0.15, 0.2) is 11.6 Å². The lowest BCUT2D eigenvalue weighted by atomic mass is 9.97. The molecule has 0 spiro atoms. The van der Waals surface area contributed by atoms with Gasteiger partial charge in [-0.25, -0.2) is 13.2 Å². The van der Waals surface area contributed by atoms with Crippen LogP contribution in [0.15, 0.2) is 78.9 Å². The van der Waals surface area contributed by atoms with Crippen LogP contribution in [0.25, 0.3) is 22.3 Å². The van der Waals surface area contributed by atoms with Crippen molar-refractivity contribution in [2.75, 3.05) is 0 Å². The second-order valence-electron chi connectivity index (χ2n) is 9.08. The molecule has 1 nitrogen and oxygen atoms in total. The molecule has 0 heterocycles. The van der Waals surface area contributed by atoms with Crippen molar-refractivity contribution in [3.63, 3.8) is 0 Å². The smallest absolute Gasteiger partial charge is 0.167 e. The van der Waals surface area contributed by atoms with E-state index >= 15 is 4.39 Å². The number of aryl methyl sites for hydroxylation is 2. The summed E-state index contributed by atoms with van der Waals surface area (Å²) in [7, 11) is 0. The molecule has 0 N–H and O–H groups in total. The van der Waals surface area contributed by atoms with Gasteiger partial charge in [0, 0.05) is 16.7 Å². The topological polar surface area (TPSA) is 9.23 Å². The van der Waals surface area contributed by atoms with Gasteiger partial charge in [-0.1, -0.05) is 87.4 Å². The molecule has 0 aromatic heterocycles. The summed E-state index contributed by atoms with van der Waals surface area (Å²) < 4.78 is 50.1. The number of unbranched alkanes of at least 4 members (excludes halogenated alkanes) is 1. The van der Waals surface area contributed by atoms with E-state index in [1.165, 1.54) is 5.56 Å². The van der Waals surface area contributed by atoms with Crippen LogP contribution in [0.3, 0.4) is 0 Å². The fourth-order valence-electron chi connectivity index (χ4n) is 4.27. The maximum Gasteiger partial charge on any atom is 0.167 e. The first kappa shape index (κ1) is 25.6. The fraction of sp³-hybridized carbons (Fsp3) is 0.250. The number of benzene rings is 4. The first-order chi connectivity index (χ1) is 17.5. The third kappa shape index (κ3) is 5.99. The molecule has 0 bridgehead atoms. The van der Waals surface area contributed by atoms with Gasteiger partial charge in [-0.3, -0.25) is 0 Å². The number of hydrogen-bond donors (Lipinski definition) is 0. The fourth-order valence-corrected chi connectivity index (χ4v) is 4.27. The molecule has 0 saturated heterocycles. The number of ether oxygens (including phenoxy) is 1. The lowest BCUT2D eigenvalue weighted by Gasteiger charge is -2.11. The summed E-state index contributed by atoms with van der Waals surface area (Å²) >= 11 is 0. The normalized spacial score (nSPS) is 11.0. The Morgan fingerprint density at radius 1 is 0.611 bits per heavy atom. The predicted octanol–water partition coefficient (Wildman–Crippen LogP) is 9.31. The van der Waals surface area contributed by atoms with Crippen molar-refractivity contribution in [1.29, 1.82) is 0 Å². The Labute approximate surface area is 211 Å². The van der Waals surface area contributed by atoms with Crippen molar-refractivity contribution in [2.45, 2.75) is 52.6 Å². The average molecular weight is 489 g/mol. The van der Waals surface area contributed by atoms with Gasteiger partial charge in [0.1, 0.15) is 18.2 Å². The molecular formula is C32H31F3O. The Hall–Kier alpha value is -3.53. The van der Waals surface area contributed by atoms with E-state index in [-0.39, 0.29) is 23.6 Å². The molecule has 36 heavy (non-hydrogen) atoms. The van der Waals surface area contributed by atoms with Crippen LogP contribution in [0.5, 0.6) is 5.75 Å². The summed E-state index contributed by atoms with van der Waals surface area (Å²) in [6, 6.07) is 22.7. The van der Waals surface area contributed by atoms with Crippen molar-refractivity contribution in [3.8, 4) is 28.0 Å². The predicted molar refractivity (Wildman–Crippen MR) is 141 cm³/mol. The van der Waals surface area contributed by atoms with Gasteiger partial charge in [-0.15, -0.1) is 0 Å². The number of rotatable bonds is 10. The third-order valence-corrected chi connectivity index (χ3v) is 6.38. The number of hydrogen-bond acceptors (Lipinski definition) is 1. The Bertz CT molecular complexity index is 1290. The third-order valence-electron chi connectivity index (χ3n) is 6.38. The first-order valence-corrected chi connectivity index (χ1v) is 12.6. The molecule has 0 aliphatic heterocycles. The lowest BCUT2D eigenvalue weighted by molar-refractivity contribution is 0.300. The molecule has 4 aromatic carbocycles. The average Bonchev–Trinajstić information content (AvgIpc) is 2.90. The van der Waals surface area contributed by atoms with Crippen LogP contribution in [0, 0.1) is 17.5 Å². The molecule has 0 aliphatic rings. The molecule has 0 radical (unpaired) electrons. The van der Waals surface area contributed by atoms with E-state index in [0.717, 1.165) is 37.7 Å². The second kappa shape index (κ2) is 11.9. The molecule has 0 saturated carbocycles. The highest BCUT2D eigenvalue weighted by atomic mass is 19.2. The van der Waals surface area contributed by atoms with Crippen LogP contribution in [-0.2, 0) is 19.4 Å². The van der Waals surface area contributed by atoms with Crippen LogP contribution in [0.4, 0.5) is 13.2 Å². The van der Waals surface area contributed by atoms with Gasteiger partial charge in [0.2, 0.25) is 0 Å². The minimum absolute atomic E-state index is 0.0912. The van der Waals surface area contributed by atoms with Crippen LogP contribution >= 0.6 is 0 Å².